The van der Waals surface area contributed by atoms with E-state index in [1.54, 1.807) is 10.9 Å². The number of benzene rings is 1. The monoisotopic (exact) mass is 178 g/mol. The number of nitrogens with zero attached hydrogens (tertiary/aromatic N) is 2. The molecule has 0 saturated heterocycles. The number of aromatic nitrogens is 2. The highest BCUT2D eigenvalue weighted by atomic mass is 35.5. The number of halogens is 1. The fourth-order valence-electron chi connectivity index (χ4n) is 1.05. The van der Waals surface area contributed by atoms with E-state index in [1.807, 2.05) is 36.5 Å². The summed E-state index contributed by atoms with van der Waals surface area (Å²) < 4.78 is 1.74. The van der Waals surface area contributed by atoms with E-state index in [9.17, 15) is 0 Å². The Morgan fingerprint density at radius 3 is 2.67 bits per heavy atom. The van der Waals surface area contributed by atoms with Gasteiger partial charge in [0.1, 0.15) is 0 Å². The fourth-order valence-corrected chi connectivity index (χ4v) is 1.27. The van der Waals surface area contributed by atoms with Gasteiger partial charge in [0.25, 0.3) is 0 Å². The van der Waals surface area contributed by atoms with Gasteiger partial charge in [-0.15, -0.1) is 0 Å². The SMILES string of the molecule is Clc1ccccc1-n1cccn1. The largest absolute Gasteiger partial charge is 0.239 e. The van der Waals surface area contributed by atoms with Gasteiger partial charge in [0.2, 0.25) is 0 Å². The van der Waals surface area contributed by atoms with E-state index >= 15 is 0 Å². The molecule has 2 aromatic rings. The van der Waals surface area contributed by atoms with Crippen molar-refractivity contribution in [2.45, 2.75) is 0 Å². The van der Waals surface area contributed by atoms with Crippen molar-refractivity contribution in [3.05, 3.63) is 47.7 Å². The lowest BCUT2D eigenvalue weighted by molar-refractivity contribution is 0.881. The maximum Gasteiger partial charge on any atom is 0.0831 e. The summed E-state index contributed by atoms with van der Waals surface area (Å²) in [6.07, 6.45) is 3.59. The van der Waals surface area contributed by atoms with E-state index in [2.05, 4.69) is 5.10 Å². The molecule has 0 aliphatic heterocycles. The van der Waals surface area contributed by atoms with Crippen molar-refractivity contribution in [1.82, 2.24) is 9.78 Å². The lowest BCUT2D eigenvalue weighted by atomic mass is 10.3. The number of hydrogen-bond donors (Lipinski definition) is 0. The van der Waals surface area contributed by atoms with Crippen molar-refractivity contribution in [2.24, 2.45) is 0 Å². The maximum absolute atomic E-state index is 5.95. The minimum Gasteiger partial charge on any atom is -0.239 e. The molecule has 0 fully saturated rings. The molecule has 0 radical (unpaired) electrons. The Balaban J connectivity index is 2.55. The van der Waals surface area contributed by atoms with E-state index in [-0.39, 0.29) is 0 Å². The first-order valence-corrected chi connectivity index (χ1v) is 4.00. The zero-order valence-electron chi connectivity index (χ0n) is 6.31. The molecule has 0 unspecified atom stereocenters. The molecule has 3 heteroatoms. The standard InChI is InChI=1S/C9H7ClN2/c10-8-4-1-2-5-9(8)12-7-3-6-11-12/h1-7H. The molecule has 0 aliphatic carbocycles. The van der Waals surface area contributed by atoms with Crippen LogP contribution >= 0.6 is 11.6 Å². The van der Waals surface area contributed by atoms with Gasteiger partial charge in [0.15, 0.2) is 0 Å². The van der Waals surface area contributed by atoms with Crippen LogP contribution in [0.4, 0.5) is 0 Å². The molecule has 0 N–H and O–H groups in total. The van der Waals surface area contributed by atoms with Crippen LogP contribution in [0, 0.1) is 0 Å². The second-order valence-corrected chi connectivity index (χ2v) is 2.81. The molecule has 0 saturated carbocycles. The Morgan fingerprint density at radius 2 is 2.00 bits per heavy atom. The zero-order valence-corrected chi connectivity index (χ0v) is 7.07. The topological polar surface area (TPSA) is 17.8 Å². The summed E-state index contributed by atoms with van der Waals surface area (Å²) in [5.74, 6) is 0. The Hall–Kier alpha value is -1.28. The third-order valence-electron chi connectivity index (χ3n) is 1.60. The minimum absolute atomic E-state index is 0.709. The molecule has 0 spiro atoms. The first-order valence-electron chi connectivity index (χ1n) is 3.62. The normalized spacial score (nSPS) is 10.1. The highest BCUT2D eigenvalue weighted by Crippen LogP contribution is 2.17. The van der Waals surface area contributed by atoms with Gasteiger partial charge < -0.3 is 0 Å². The van der Waals surface area contributed by atoms with E-state index in [0.717, 1.165) is 5.69 Å². The second-order valence-electron chi connectivity index (χ2n) is 2.40. The Morgan fingerprint density at radius 1 is 1.17 bits per heavy atom. The van der Waals surface area contributed by atoms with E-state index in [1.165, 1.54) is 0 Å². The van der Waals surface area contributed by atoms with Gasteiger partial charge in [0, 0.05) is 12.4 Å². The summed E-state index contributed by atoms with van der Waals surface area (Å²) in [6, 6.07) is 9.47. The van der Waals surface area contributed by atoms with Gasteiger partial charge >= 0.3 is 0 Å². The highest BCUT2D eigenvalue weighted by Gasteiger charge is 1.99. The predicted octanol–water partition coefficient (Wildman–Crippen LogP) is 2.53. The van der Waals surface area contributed by atoms with E-state index in [4.69, 9.17) is 11.6 Å². The second kappa shape index (κ2) is 2.99. The highest BCUT2D eigenvalue weighted by molar-refractivity contribution is 6.32. The summed E-state index contributed by atoms with van der Waals surface area (Å²) in [5, 5.41) is 4.79. The van der Waals surface area contributed by atoms with Crippen molar-refractivity contribution in [3.63, 3.8) is 0 Å². The summed E-state index contributed by atoms with van der Waals surface area (Å²) >= 11 is 5.95. The van der Waals surface area contributed by atoms with Gasteiger partial charge in [-0.05, 0) is 18.2 Å². The van der Waals surface area contributed by atoms with Gasteiger partial charge in [0.05, 0.1) is 10.7 Å². The minimum atomic E-state index is 0.709. The zero-order chi connectivity index (χ0) is 8.39. The lowest BCUT2D eigenvalue weighted by Crippen LogP contribution is -1.93. The van der Waals surface area contributed by atoms with Crippen LogP contribution < -0.4 is 0 Å². The summed E-state index contributed by atoms with van der Waals surface area (Å²) in [6.45, 7) is 0. The third kappa shape index (κ3) is 1.21. The molecule has 12 heavy (non-hydrogen) atoms. The van der Waals surface area contributed by atoms with Crippen LogP contribution in [0.15, 0.2) is 42.7 Å². The quantitative estimate of drug-likeness (QED) is 0.656. The van der Waals surface area contributed by atoms with Gasteiger partial charge in [-0.1, -0.05) is 23.7 Å². The van der Waals surface area contributed by atoms with Gasteiger partial charge in [-0.3, -0.25) is 0 Å². The molecule has 1 aromatic heterocycles. The first kappa shape index (κ1) is 7.37. The molecule has 1 aromatic carbocycles. The number of hydrogen-bond acceptors (Lipinski definition) is 1. The van der Waals surface area contributed by atoms with Crippen LogP contribution in [0.2, 0.25) is 5.02 Å². The van der Waals surface area contributed by atoms with Crippen molar-refractivity contribution in [1.29, 1.82) is 0 Å². The third-order valence-corrected chi connectivity index (χ3v) is 1.92. The molecule has 2 nitrogen and oxygen atoms in total. The average molecular weight is 179 g/mol. The summed E-state index contributed by atoms with van der Waals surface area (Å²) in [5.41, 5.74) is 0.907. The van der Waals surface area contributed by atoms with Gasteiger partial charge in [-0.2, -0.15) is 5.10 Å². The van der Waals surface area contributed by atoms with Crippen molar-refractivity contribution < 1.29 is 0 Å². The van der Waals surface area contributed by atoms with Crippen LogP contribution in [-0.2, 0) is 0 Å². The Labute approximate surface area is 75.4 Å². The molecule has 2 rings (SSSR count). The molecule has 0 bridgehead atoms. The molecule has 0 aliphatic rings. The lowest BCUT2D eigenvalue weighted by Gasteiger charge is -2.01. The molecule has 0 atom stereocenters. The van der Waals surface area contributed by atoms with Crippen LogP contribution in [-0.4, -0.2) is 9.78 Å². The van der Waals surface area contributed by atoms with Gasteiger partial charge in [-0.25, -0.2) is 4.68 Å². The van der Waals surface area contributed by atoms with Crippen LogP contribution in [0.25, 0.3) is 5.69 Å². The number of rotatable bonds is 1. The molecule has 0 amide bonds. The van der Waals surface area contributed by atoms with Crippen LogP contribution in [0.1, 0.15) is 0 Å². The molecular formula is C9H7ClN2. The summed E-state index contributed by atoms with van der Waals surface area (Å²) in [7, 11) is 0. The predicted molar refractivity (Wildman–Crippen MR) is 48.6 cm³/mol. The fraction of sp³-hybridized carbons (Fsp3) is 0. The van der Waals surface area contributed by atoms with Crippen molar-refractivity contribution >= 4 is 11.6 Å². The van der Waals surface area contributed by atoms with Crippen LogP contribution in [0.3, 0.4) is 0 Å². The first-order chi connectivity index (χ1) is 5.88. The van der Waals surface area contributed by atoms with Crippen LogP contribution in [0.5, 0.6) is 0 Å². The Bertz CT molecular complexity index is 368. The van der Waals surface area contributed by atoms with Crippen molar-refractivity contribution in [3.8, 4) is 5.69 Å². The maximum atomic E-state index is 5.95. The van der Waals surface area contributed by atoms with Crippen molar-refractivity contribution in [2.75, 3.05) is 0 Å². The average Bonchev–Trinajstić information content (AvgIpc) is 2.57. The Kier molecular flexibility index (Phi) is 1.84. The van der Waals surface area contributed by atoms with E-state index in [0.29, 0.717) is 5.02 Å². The smallest absolute Gasteiger partial charge is 0.0831 e. The molecule has 1 heterocycles. The molecular weight excluding hydrogens is 172 g/mol. The van der Waals surface area contributed by atoms with E-state index < -0.39 is 0 Å². The molecule has 60 valence electrons. The summed E-state index contributed by atoms with van der Waals surface area (Å²) in [4.78, 5) is 0. The number of para-hydroxylation sites is 1.